The number of para-hydroxylation sites is 2. The van der Waals surface area contributed by atoms with E-state index in [1.807, 2.05) is 18.2 Å². The minimum Gasteiger partial charge on any atom is -0.438 e. The Kier molecular flexibility index (Phi) is 1.07. The first-order valence-electron chi connectivity index (χ1n) is 2.91. The standard InChI is InChI=1S/C7H5NO2/c1-2-4-7-6(3-1)9-5-8-10-7/h1-5H. The van der Waals surface area contributed by atoms with E-state index in [1.54, 1.807) is 6.07 Å². The van der Waals surface area contributed by atoms with Gasteiger partial charge in [-0.15, -0.1) is 0 Å². The molecule has 50 valence electrons. The molecule has 1 aliphatic heterocycles. The van der Waals surface area contributed by atoms with Crippen molar-refractivity contribution in [3.8, 4) is 11.5 Å². The molecule has 1 aromatic carbocycles. The molecule has 0 bridgehead atoms. The van der Waals surface area contributed by atoms with Gasteiger partial charge in [0.25, 0.3) is 0 Å². The van der Waals surface area contributed by atoms with E-state index in [1.165, 1.54) is 6.40 Å². The Balaban J connectivity index is 2.47. The smallest absolute Gasteiger partial charge is 0.219 e. The van der Waals surface area contributed by atoms with Gasteiger partial charge < -0.3 is 9.57 Å². The van der Waals surface area contributed by atoms with Crippen LogP contribution in [0.15, 0.2) is 29.4 Å². The van der Waals surface area contributed by atoms with Gasteiger partial charge in [-0.05, 0) is 17.3 Å². The summed E-state index contributed by atoms with van der Waals surface area (Å²) in [5, 5.41) is 3.47. The summed E-state index contributed by atoms with van der Waals surface area (Å²) in [6.07, 6.45) is 1.27. The zero-order valence-electron chi connectivity index (χ0n) is 5.15. The van der Waals surface area contributed by atoms with Crippen LogP contribution < -0.4 is 9.57 Å². The molecular formula is C7H5NO2. The van der Waals surface area contributed by atoms with Gasteiger partial charge in [-0.3, -0.25) is 0 Å². The van der Waals surface area contributed by atoms with Crippen molar-refractivity contribution >= 4 is 6.40 Å². The van der Waals surface area contributed by atoms with Gasteiger partial charge in [0.05, 0.1) is 0 Å². The molecule has 1 aromatic rings. The van der Waals surface area contributed by atoms with Crippen LogP contribution in [0.5, 0.6) is 11.5 Å². The Bertz CT molecular complexity index is 243. The molecule has 0 fully saturated rings. The largest absolute Gasteiger partial charge is 0.438 e. The Morgan fingerprint density at radius 1 is 1.10 bits per heavy atom. The van der Waals surface area contributed by atoms with E-state index < -0.39 is 0 Å². The fraction of sp³-hybridized carbons (Fsp3) is 0. The number of benzene rings is 1. The maximum absolute atomic E-state index is 5.01. The van der Waals surface area contributed by atoms with E-state index in [2.05, 4.69) is 5.16 Å². The highest BCUT2D eigenvalue weighted by atomic mass is 16.7. The molecule has 3 heteroatoms. The van der Waals surface area contributed by atoms with Gasteiger partial charge in [-0.1, -0.05) is 12.1 Å². The van der Waals surface area contributed by atoms with Crippen LogP contribution in [0.1, 0.15) is 0 Å². The Labute approximate surface area is 57.9 Å². The molecule has 0 radical (unpaired) electrons. The number of hydrogen-bond donors (Lipinski definition) is 0. The van der Waals surface area contributed by atoms with E-state index in [0.29, 0.717) is 11.5 Å². The lowest BCUT2D eigenvalue weighted by molar-refractivity contribution is 0.298. The molecule has 0 amide bonds. The third kappa shape index (κ3) is 0.719. The molecule has 0 saturated heterocycles. The summed E-state index contributed by atoms with van der Waals surface area (Å²) >= 11 is 0. The quantitative estimate of drug-likeness (QED) is 0.538. The average Bonchev–Trinajstić information content (AvgIpc) is 2.05. The van der Waals surface area contributed by atoms with Gasteiger partial charge in [0.2, 0.25) is 12.2 Å². The van der Waals surface area contributed by atoms with Gasteiger partial charge in [0.15, 0.2) is 5.75 Å². The van der Waals surface area contributed by atoms with Crippen LogP contribution in [0.2, 0.25) is 0 Å². The van der Waals surface area contributed by atoms with Crippen molar-refractivity contribution in [2.24, 2.45) is 5.16 Å². The Morgan fingerprint density at radius 2 is 1.90 bits per heavy atom. The fourth-order valence-corrected chi connectivity index (χ4v) is 0.780. The molecule has 1 heterocycles. The van der Waals surface area contributed by atoms with Gasteiger partial charge in [0.1, 0.15) is 0 Å². The molecule has 10 heavy (non-hydrogen) atoms. The van der Waals surface area contributed by atoms with Crippen molar-refractivity contribution < 1.29 is 9.57 Å². The molecule has 1 aliphatic rings. The number of oxime groups is 1. The summed E-state index contributed by atoms with van der Waals surface area (Å²) in [5.41, 5.74) is 0. The molecular weight excluding hydrogens is 130 g/mol. The second-order valence-electron chi connectivity index (χ2n) is 1.87. The first-order chi connectivity index (χ1) is 4.97. The van der Waals surface area contributed by atoms with Crippen molar-refractivity contribution in [1.29, 1.82) is 0 Å². The molecule has 0 spiro atoms. The third-order valence-electron chi connectivity index (χ3n) is 1.22. The second-order valence-corrected chi connectivity index (χ2v) is 1.87. The molecule has 0 aromatic heterocycles. The molecule has 2 rings (SSSR count). The van der Waals surface area contributed by atoms with E-state index >= 15 is 0 Å². The number of fused-ring (bicyclic) bond motifs is 1. The highest BCUT2D eigenvalue weighted by Crippen LogP contribution is 2.27. The van der Waals surface area contributed by atoms with Crippen LogP contribution in [0.4, 0.5) is 0 Å². The molecule has 3 nitrogen and oxygen atoms in total. The van der Waals surface area contributed by atoms with Crippen LogP contribution in [-0.4, -0.2) is 6.40 Å². The zero-order valence-corrected chi connectivity index (χ0v) is 5.15. The van der Waals surface area contributed by atoms with E-state index in [9.17, 15) is 0 Å². The zero-order chi connectivity index (χ0) is 6.81. The van der Waals surface area contributed by atoms with E-state index in [0.717, 1.165) is 0 Å². The molecule has 0 atom stereocenters. The summed E-state index contributed by atoms with van der Waals surface area (Å²) in [7, 11) is 0. The molecule has 0 unspecified atom stereocenters. The Morgan fingerprint density at radius 3 is 2.70 bits per heavy atom. The number of rotatable bonds is 0. The number of hydrogen-bond acceptors (Lipinski definition) is 3. The SMILES string of the molecule is C1=NOc2ccccc2O1. The van der Waals surface area contributed by atoms with Crippen LogP contribution in [0, 0.1) is 0 Å². The van der Waals surface area contributed by atoms with Crippen LogP contribution in [0.3, 0.4) is 0 Å². The predicted molar refractivity (Wildman–Crippen MR) is 36.2 cm³/mol. The second kappa shape index (κ2) is 2.02. The monoisotopic (exact) mass is 135 g/mol. The molecule has 0 saturated carbocycles. The lowest BCUT2D eigenvalue weighted by Crippen LogP contribution is -2.00. The normalized spacial score (nSPS) is 13.2. The highest BCUT2D eigenvalue weighted by Gasteiger charge is 2.05. The lowest BCUT2D eigenvalue weighted by atomic mass is 10.3. The van der Waals surface area contributed by atoms with Gasteiger partial charge in [-0.25, -0.2) is 0 Å². The minimum absolute atomic E-state index is 0.657. The fourth-order valence-electron chi connectivity index (χ4n) is 0.780. The summed E-state index contributed by atoms with van der Waals surface area (Å²) in [6, 6.07) is 7.36. The van der Waals surface area contributed by atoms with Gasteiger partial charge >= 0.3 is 0 Å². The van der Waals surface area contributed by atoms with Crippen molar-refractivity contribution in [3.05, 3.63) is 24.3 Å². The third-order valence-corrected chi connectivity index (χ3v) is 1.22. The van der Waals surface area contributed by atoms with E-state index in [-0.39, 0.29) is 0 Å². The van der Waals surface area contributed by atoms with Crippen LogP contribution >= 0.6 is 0 Å². The maximum atomic E-state index is 5.01. The van der Waals surface area contributed by atoms with Crippen LogP contribution in [-0.2, 0) is 0 Å². The molecule has 0 N–H and O–H groups in total. The topological polar surface area (TPSA) is 30.8 Å². The summed E-state index contributed by atoms with van der Waals surface area (Å²) < 4.78 is 5.01. The summed E-state index contributed by atoms with van der Waals surface area (Å²) in [6.45, 7) is 0. The highest BCUT2D eigenvalue weighted by molar-refractivity contribution is 5.57. The Hall–Kier alpha value is -1.51. The van der Waals surface area contributed by atoms with Crippen LogP contribution in [0.25, 0.3) is 0 Å². The lowest BCUT2D eigenvalue weighted by Gasteiger charge is -2.08. The van der Waals surface area contributed by atoms with Gasteiger partial charge in [0, 0.05) is 0 Å². The van der Waals surface area contributed by atoms with Crippen molar-refractivity contribution in [2.75, 3.05) is 0 Å². The minimum atomic E-state index is 0.657. The van der Waals surface area contributed by atoms with Gasteiger partial charge in [-0.2, -0.15) is 0 Å². The maximum Gasteiger partial charge on any atom is 0.219 e. The summed E-state index contributed by atoms with van der Waals surface area (Å²) in [4.78, 5) is 4.87. The van der Waals surface area contributed by atoms with Crippen molar-refractivity contribution in [1.82, 2.24) is 0 Å². The number of nitrogens with zero attached hydrogens (tertiary/aromatic N) is 1. The summed E-state index contributed by atoms with van der Waals surface area (Å²) in [5.74, 6) is 1.36. The van der Waals surface area contributed by atoms with Crippen molar-refractivity contribution in [2.45, 2.75) is 0 Å². The predicted octanol–water partition coefficient (Wildman–Crippen LogP) is 1.40. The number of ether oxygens (including phenoxy) is 1. The average molecular weight is 135 g/mol. The molecule has 0 aliphatic carbocycles. The first-order valence-corrected chi connectivity index (χ1v) is 2.91. The first kappa shape index (κ1) is 5.29. The van der Waals surface area contributed by atoms with E-state index in [4.69, 9.17) is 9.57 Å². The van der Waals surface area contributed by atoms with Crippen molar-refractivity contribution in [3.63, 3.8) is 0 Å².